The Labute approximate surface area is 83.8 Å². The summed E-state index contributed by atoms with van der Waals surface area (Å²) in [5.74, 6) is 0.422. The van der Waals surface area contributed by atoms with Crippen LogP contribution in [0.5, 0.6) is 0 Å². The van der Waals surface area contributed by atoms with Gasteiger partial charge in [-0.2, -0.15) is 0 Å². The van der Waals surface area contributed by atoms with Crippen molar-refractivity contribution in [3.05, 3.63) is 0 Å². The number of ether oxygens (including phenoxy) is 2. The Kier molecular flexibility index (Phi) is 1.45. The molecule has 0 aromatic heterocycles. The number of hydrogen-bond donors (Lipinski definition) is 0. The van der Waals surface area contributed by atoms with Gasteiger partial charge < -0.3 is 9.47 Å². The van der Waals surface area contributed by atoms with E-state index in [4.69, 9.17) is 9.47 Å². The lowest BCUT2D eigenvalue weighted by Crippen LogP contribution is -2.65. The summed E-state index contributed by atoms with van der Waals surface area (Å²) in [6, 6.07) is 0. The summed E-state index contributed by atoms with van der Waals surface area (Å²) in [5.41, 5.74) is 0.190. The van der Waals surface area contributed by atoms with Crippen molar-refractivity contribution in [1.29, 1.82) is 0 Å². The van der Waals surface area contributed by atoms with Gasteiger partial charge >= 0.3 is 5.97 Å². The van der Waals surface area contributed by atoms with Crippen molar-refractivity contribution >= 4 is 5.97 Å². The summed E-state index contributed by atoms with van der Waals surface area (Å²) in [6.07, 6.45) is 2.80. The van der Waals surface area contributed by atoms with Gasteiger partial charge in [0.2, 0.25) is 0 Å². The van der Waals surface area contributed by atoms with Gasteiger partial charge in [0.25, 0.3) is 0 Å². The van der Waals surface area contributed by atoms with Crippen LogP contribution in [0.25, 0.3) is 0 Å². The third-order valence-corrected chi connectivity index (χ3v) is 4.83. The monoisotopic (exact) mass is 196 g/mol. The van der Waals surface area contributed by atoms with E-state index in [1.54, 1.807) is 0 Å². The van der Waals surface area contributed by atoms with Crippen LogP contribution < -0.4 is 0 Å². The molecule has 0 aromatic carbocycles. The van der Waals surface area contributed by atoms with E-state index in [1.165, 1.54) is 0 Å². The minimum Gasteiger partial charge on any atom is -0.465 e. The standard InChI is InChI=1S/C11H16O3/c1-10-4-3-7-6-13-9(12)5-8(14-10)11(7,10)2/h7-8H,3-6H2,1-2H3. The normalized spacial score (nSPS) is 55.7. The Bertz CT molecular complexity index is 301. The lowest BCUT2D eigenvalue weighted by Gasteiger charge is -2.58. The lowest BCUT2D eigenvalue weighted by atomic mass is 9.62. The van der Waals surface area contributed by atoms with Crippen LogP contribution in [-0.2, 0) is 14.3 Å². The van der Waals surface area contributed by atoms with E-state index in [2.05, 4.69) is 13.8 Å². The van der Waals surface area contributed by atoms with Crippen LogP contribution in [-0.4, -0.2) is 24.3 Å². The number of carbonyl (C=O) groups is 1. The highest BCUT2D eigenvalue weighted by atomic mass is 16.6. The van der Waals surface area contributed by atoms with Crippen LogP contribution in [0.15, 0.2) is 0 Å². The van der Waals surface area contributed by atoms with E-state index in [-0.39, 0.29) is 23.1 Å². The molecule has 0 radical (unpaired) electrons. The van der Waals surface area contributed by atoms with Crippen molar-refractivity contribution < 1.29 is 14.3 Å². The molecule has 3 fully saturated rings. The minimum absolute atomic E-state index is 0.0102. The predicted octanol–water partition coefficient (Wildman–Crippen LogP) is 1.51. The molecule has 78 valence electrons. The Morgan fingerprint density at radius 2 is 2.21 bits per heavy atom. The maximum absolute atomic E-state index is 11.3. The fourth-order valence-electron chi connectivity index (χ4n) is 3.53. The summed E-state index contributed by atoms with van der Waals surface area (Å²) in [6.45, 7) is 5.05. The molecular formula is C11H16O3. The molecule has 3 rings (SSSR count). The number of carbonyl (C=O) groups excluding carboxylic acids is 1. The molecule has 4 atom stereocenters. The van der Waals surface area contributed by atoms with Crippen LogP contribution in [0, 0.1) is 11.3 Å². The van der Waals surface area contributed by atoms with Gasteiger partial charge in [-0.25, -0.2) is 0 Å². The molecule has 0 spiro atoms. The lowest BCUT2D eigenvalue weighted by molar-refractivity contribution is -0.298. The first-order valence-electron chi connectivity index (χ1n) is 5.40. The maximum atomic E-state index is 11.3. The van der Waals surface area contributed by atoms with Gasteiger partial charge in [0.15, 0.2) is 0 Å². The third kappa shape index (κ3) is 0.761. The summed E-state index contributed by atoms with van der Waals surface area (Å²) in [7, 11) is 0. The fraction of sp³-hybridized carbons (Fsp3) is 0.909. The minimum atomic E-state index is -0.0901. The second-order valence-electron chi connectivity index (χ2n) is 5.24. The Morgan fingerprint density at radius 3 is 3.00 bits per heavy atom. The van der Waals surface area contributed by atoms with E-state index < -0.39 is 0 Å². The average molecular weight is 196 g/mol. The van der Waals surface area contributed by atoms with Crippen LogP contribution in [0.1, 0.15) is 33.1 Å². The zero-order chi connectivity index (χ0) is 9.97. The van der Waals surface area contributed by atoms with Crippen LogP contribution in [0.4, 0.5) is 0 Å². The maximum Gasteiger partial charge on any atom is 0.308 e. The van der Waals surface area contributed by atoms with Gasteiger partial charge in [-0.3, -0.25) is 4.79 Å². The van der Waals surface area contributed by atoms with Gasteiger partial charge in [0, 0.05) is 11.3 Å². The highest BCUT2D eigenvalue weighted by Crippen LogP contribution is 2.64. The predicted molar refractivity (Wildman–Crippen MR) is 49.7 cm³/mol. The van der Waals surface area contributed by atoms with Crippen LogP contribution in [0.3, 0.4) is 0 Å². The van der Waals surface area contributed by atoms with Crippen molar-refractivity contribution in [3.8, 4) is 0 Å². The second kappa shape index (κ2) is 2.32. The molecular weight excluding hydrogens is 180 g/mol. The van der Waals surface area contributed by atoms with Crippen molar-refractivity contribution in [2.24, 2.45) is 11.3 Å². The highest BCUT2D eigenvalue weighted by Gasteiger charge is 2.69. The van der Waals surface area contributed by atoms with E-state index in [1.807, 2.05) is 0 Å². The van der Waals surface area contributed by atoms with E-state index >= 15 is 0 Å². The summed E-state index contributed by atoms with van der Waals surface area (Å²) < 4.78 is 11.1. The molecule has 1 saturated carbocycles. The quantitative estimate of drug-likeness (QED) is 0.551. The molecule has 2 saturated heterocycles. The molecule has 14 heavy (non-hydrogen) atoms. The Hall–Kier alpha value is -0.570. The third-order valence-electron chi connectivity index (χ3n) is 4.83. The average Bonchev–Trinajstić information content (AvgIpc) is 2.26. The molecule has 2 heterocycles. The van der Waals surface area contributed by atoms with Gasteiger partial charge in [0.05, 0.1) is 24.7 Å². The molecule has 2 aliphatic heterocycles. The zero-order valence-corrected chi connectivity index (χ0v) is 8.71. The first-order chi connectivity index (χ1) is 6.56. The molecule has 0 N–H and O–H groups in total. The summed E-state index contributed by atoms with van der Waals surface area (Å²) in [5, 5.41) is 0. The van der Waals surface area contributed by atoms with Crippen LogP contribution >= 0.6 is 0 Å². The first-order valence-corrected chi connectivity index (χ1v) is 5.40. The van der Waals surface area contributed by atoms with Gasteiger partial charge in [-0.15, -0.1) is 0 Å². The first kappa shape index (κ1) is 8.72. The SMILES string of the molecule is CC12CCC3COC(=O)CC(O1)C32C. The number of hydrogen-bond acceptors (Lipinski definition) is 3. The van der Waals surface area contributed by atoms with Crippen molar-refractivity contribution in [2.45, 2.75) is 44.8 Å². The van der Waals surface area contributed by atoms with Crippen molar-refractivity contribution in [2.75, 3.05) is 6.61 Å². The molecule has 3 nitrogen and oxygen atoms in total. The largest absolute Gasteiger partial charge is 0.465 e. The van der Waals surface area contributed by atoms with E-state index in [0.717, 1.165) is 12.8 Å². The Morgan fingerprint density at radius 1 is 1.43 bits per heavy atom. The zero-order valence-electron chi connectivity index (χ0n) is 8.71. The highest BCUT2D eigenvalue weighted by molar-refractivity contribution is 5.71. The van der Waals surface area contributed by atoms with Crippen molar-refractivity contribution in [1.82, 2.24) is 0 Å². The molecule has 3 aliphatic rings. The molecule has 4 unspecified atom stereocenters. The van der Waals surface area contributed by atoms with Crippen molar-refractivity contribution in [3.63, 3.8) is 0 Å². The molecule has 0 aromatic rings. The molecule has 0 bridgehead atoms. The number of cyclic esters (lactones) is 1. The Balaban J connectivity index is 1.98. The fourth-order valence-corrected chi connectivity index (χ4v) is 3.53. The smallest absolute Gasteiger partial charge is 0.308 e. The van der Waals surface area contributed by atoms with Gasteiger partial charge in [0.1, 0.15) is 0 Å². The molecule has 3 heteroatoms. The summed E-state index contributed by atoms with van der Waals surface area (Å²) >= 11 is 0. The second-order valence-corrected chi connectivity index (χ2v) is 5.24. The van der Waals surface area contributed by atoms with E-state index in [0.29, 0.717) is 18.9 Å². The molecule has 0 amide bonds. The van der Waals surface area contributed by atoms with Gasteiger partial charge in [-0.05, 0) is 19.8 Å². The van der Waals surface area contributed by atoms with E-state index in [9.17, 15) is 4.79 Å². The summed E-state index contributed by atoms with van der Waals surface area (Å²) in [4.78, 5) is 11.3. The number of rotatable bonds is 0. The molecule has 1 aliphatic carbocycles. The number of esters is 1. The van der Waals surface area contributed by atoms with Gasteiger partial charge in [-0.1, -0.05) is 6.92 Å². The van der Waals surface area contributed by atoms with Crippen LogP contribution in [0.2, 0.25) is 0 Å². The topological polar surface area (TPSA) is 35.5 Å².